The molecule has 1 aromatic carbocycles. The monoisotopic (exact) mass is 265 g/mol. The summed E-state index contributed by atoms with van der Waals surface area (Å²) in [4.78, 5) is 0. The van der Waals surface area contributed by atoms with E-state index >= 15 is 0 Å². The molecular formula is C16H27NO2. The van der Waals surface area contributed by atoms with Gasteiger partial charge in [-0.05, 0) is 50.8 Å². The molecule has 1 atom stereocenters. The highest BCUT2D eigenvalue weighted by Crippen LogP contribution is 2.29. The van der Waals surface area contributed by atoms with Crippen molar-refractivity contribution in [3.8, 4) is 11.5 Å². The van der Waals surface area contributed by atoms with Crippen LogP contribution in [0.25, 0.3) is 0 Å². The number of rotatable bonds is 9. The van der Waals surface area contributed by atoms with Crippen molar-refractivity contribution >= 4 is 0 Å². The van der Waals surface area contributed by atoms with Gasteiger partial charge in [0.05, 0.1) is 13.2 Å². The third kappa shape index (κ3) is 5.97. The maximum absolute atomic E-state index is 5.79. The zero-order valence-electron chi connectivity index (χ0n) is 12.4. The minimum absolute atomic E-state index is 0.232. The summed E-state index contributed by atoms with van der Waals surface area (Å²) < 4.78 is 11.4. The first-order valence-electron chi connectivity index (χ1n) is 7.31. The second-order valence-corrected chi connectivity index (χ2v) is 4.93. The standard InChI is InChI=1S/C16H27NO2/c1-4-6-11-19-15-10-9-14(8-7-13(3)17)12-16(15)18-5-2/h9-10,12-13H,4-8,11,17H2,1-3H3. The van der Waals surface area contributed by atoms with E-state index < -0.39 is 0 Å². The van der Waals surface area contributed by atoms with Gasteiger partial charge in [0.25, 0.3) is 0 Å². The molecule has 1 rings (SSSR count). The summed E-state index contributed by atoms with van der Waals surface area (Å²) >= 11 is 0. The minimum atomic E-state index is 0.232. The molecule has 0 aromatic heterocycles. The lowest BCUT2D eigenvalue weighted by atomic mass is 10.1. The zero-order valence-corrected chi connectivity index (χ0v) is 12.4. The summed E-state index contributed by atoms with van der Waals surface area (Å²) in [5.74, 6) is 1.70. The first-order chi connectivity index (χ1) is 9.17. The van der Waals surface area contributed by atoms with Gasteiger partial charge in [-0.2, -0.15) is 0 Å². The Morgan fingerprint density at radius 1 is 1.16 bits per heavy atom. The smallest absolute Gasteiger partial charge is 0.161 e. The molecule has 19 heavy (non-hydrogen) atoms. The highest BCUT2D eigenvalue weighted by Gasteiger charge is 2.07. The summed E-state index contributed by atoms with van der Waals surface area (Å²) in [5.41, 5.74) is 7.05. The number of nitrogens with two attached hydrogens (primary N) is 1. The van der Waals surface area contributed by atoms with Crippen LogP contribution >= 0.6 is 0 Å². The Morgan fingerprint density at radius 3 is 2.58 bits per heavy atom. The van der Waals surface area contributed by atoms with Gasteiger partial charge >= 0.3 is 0 Å². The molecule has 3 nitrogen and oxygen atoms in total. The maximum atomic E-state index is 5.79. The van der Waals surface area contributed by atoms with E-state index in [-0.39, 0.29) is 6.04 Å². The third-order valence-electron chi connectivity index (χ3n) is 2.95. The summed E-state index contributed by atoms with van der Waals surface area (Å²) in [6.45, 7) is 7.58. The van der Waals surface area contributed by atoms with Crippen LogP contribution in [0.1, 0.15) is 45.6 Å². The SMILES string of the molecule is CCCCOc1ccc(CCC(C)N)cc1OCC. The Labute approximate surface area is 117 Å². The molecule has 108 valence electrons. The van der Waals surface area contributed by atoms with Crippen molar-refractivity contribution < 1.29 is 9.47 Å². The van der Waals surface area contributed by atoms with Gasteiger partial charge < -0.3 is 15.2 Å². The van der Waals surface area contributed by atoms with Crippen LogP contribution in [0.3, 0.4) is 0 Å². The van der Waals surface area contributed by atoms with Crippen LogP contribution in [0.4, 0.5) is 0 Å². The molecule has 0 amide bonds. The first-order valence-corrected chi connectivity index (χ1v) is 7.31. The Bertz CT molecular complexity index is 364. The van der Waals surface area contributed by atoms with Gasteiger partial charge in [0, 0.05) is 6.04 Å². The predicted octanol–water partition coefficient (Wildman–Crippen LogP) is 3.54. The molecule has 0 heterocycles. The van der Waals surface area contributed by atoms with Crippen LogP contribution in [0.2, 0.25) is 0 Å². The zero-order chi connectivity index (χ0) is 14.1. The molecule has 0 aliphatic rings. The van der Waals surface area contributed by atoms with E-state index in [0.29, 0.717) is 6.61 Å². The van der Waals surface area contributed by atoms with Crippen LogP contribution in [0.5, 0.6) is 11.5 Å². The molecule has 0 saturated carbocycles. The van der Waals surface area contributed by atoms with E-state index in [1.54, 1.807) is 0 Å². The Balaban J connectivity index is 2.69. The predicted molar refractivity (Wildman–Crippen MR) is 80.0 cm³/mol. The maximum Gasteiger partial charge on any atom is 0.161 e. The molecular weight excluding hydrogens is 238 g/mol. The first kappa shape index (κ1) is 15.8. The summed E-state index contributed by atoms with van der Waals surface area (Å²) in [7, 11) is 0. The lowest BCUT2D eigenvalue weighted by Crippen LogP contribution is -2.15. The van der Waals surface area contributed by atoms with E-state index in [1.807, 2.05) is 19.9 Å². The highest BCUT2D eigenvalue weighted by atomic mass is 16.5. The molecule has 1 unspecified atom stereocenters. The third-order valence-corrected chi connectivity index (χ3v) is 2.95. The van der Waals surface area contributed by atoms with Crippen LogP contribution in [0, 0.1) is 0 Å². The van der Waals surface area contributed by atoms with Crippen LogP contribution in [-0.2, 0) is 6.42 Å². The molecule has 3 heteroatoms. The summed E-state index contributed by atoms with van der Waals surface area (Å²) in [5, 5.41) is 0. The number of unbranched alkanes of at least 4 members (excludes halogenated alkanes) is 1. The molecule has 1 aromatic rings. The molecule has 0 aliphatic carbocycles. The number of ether oxygens (including phenoxy) is 2. The average molecular weight is 265 g/mol. The number of hydrogen-bond donors (Lipinski definition) is 1. The van der Waals surface area contributed by atoms with Gasteiger partial charge in [-0.1, -0.05) is 19.4 Å². The van der Waals surface area contributed by atoms with E-state index in [9.17, 15) is 0 Å². The van der Waals surface area contributed by atoms with Gasteiger partial charge in [0.2, 0.25) is 0 Å². The second kappa shape index (κ2) is 8.81. The average Bonchev–Trinajstić information content (AvgIpc) is 2.39. The van der Waals surface area contributed by atoms with Crippen molar-refractivity contribution in [1.82, 2.24) is 0 Å². The van der Waals surface area contributed by atoms with Gasteiger partial charge in [-0.25, -0.2) is 0 Å². The molecule has 2 N–H and O–H groups in total. The summed E-state index contributed by atoms with van der Waals surface area (Å²) in [6.07, 6.45) is 4.17. The van der Waals surface area contributed by atoms with E-state index in [2.05, 4.69) is 19.1 Å². The fraction of sp³-hybridized carbons (Fsp3) is 0.625. The minimum Gasteiger partial charge on any atom is -0.490 e. The topological polar surface area (TPSA) is 44.5 Å². The van der Waals surface area contributed by atoms with Crippen molar-refractivity contribution in [3.05, 3.63) is 23.8 Å². The van der Waals surface area contributed by atoms with Gasteiger partial charge in [-0.15, -0.1) is 0 Å². The van der Waals surface area contributed by atoms with Gasteiger partial charge in [-0.3, -0.25) is 0 Å². The molecule has 0 aliphatic heterocycles. The fourth-order valence-corrected chi connectivity index (χ4v) is 1.82. The molecule has 0 bridgehead atoms. The van der Waals surface area contributed by atoms with Crippen molar-refractivity contribution in [2.45, 2.75) is 52.5 Å². The van der Waals surface area contributed by atoms with Gasteiger partial charge in [0.1, 0.15) is 0 Å². The molecule has 0 radical (unpaired) electrons. The fourth-order valence-electron chi connectivity index (χ4n) is 1.82. The molecule has 0 spiro atoms. The van der Waals surface area contributed by atoms with Gasteiger partial charge in [0.15, 0.2) is 11.5 Å². The van der Waals surface area contributed by atoms with E-state index in [0.717, 1.165) is 43.8 Å². The molecule has 0 fully saturated rings. The Hall–Kier alpha value is -1.22. The Kier molecular flexibility index (Phi) is 7.34. The highest BCUT2D eigenvalue weighted by molar-refractivity contribution is 5.43. The van der Waals surface area contributed by atoms with Crippen LogP contribution in [-0.4, -0.2) is 19.3 Å². The number of hydrogen-bond acceptors (Lipinski definition) is 3. The lowest BCUT2D eigenvalue weighted by Gasteiger charge is -2.13. The lowest BCUT2D eigenvalue weighted by molar-refractivity contribution is 0.272. The van der Waals surface area contributed by atoms with Crippen molar-refractivity contribution in [3.63, 3.8) is 0 Å². The largest absolute Gasteiger partial charge is 0.490 e. The normalized spacial score (nSPS) is 12.2. The van der Waals surface area contributed by atoms with Crippen molar-refractivity contribution in [2.24, 2.45) is 5.73 Å². The van der Waals surface area contributed by atoms with Crippen molar-refractivity contribution in [2.75, 3.05) is 13.2 Å². The van der Waals surface area contributed by atoms with Crippen LogP contribution in [0.15, 0.2) is 18.2 Å². The van der Waals surface area contributed by atoms with E-state index in [4.69, 9.17) is 15.2 Å². The molecule has 0 saturated heterocycles. The second-order valence-electron chi connectivity index (χ2n) is 4.93. The summed E-state index contributed by atoms with van der Waals surface area (Å²) in [6, 6.07) is 6.42. The van der Waals surface area contributed by atoms with Crippen LogP contribution < -0.4 is 15.2 Å². The number of benzene rings is 1. The quantitative estimate of drug-likeness (QED) is 0.694. The number of aryl methyl sites for hydroxylation is 1. The Morgan fingerprint density at radius 2 is 1.95 bits per heavy atom. The van der Waals surface area contributed by atoms with Crippen molar-refractivity contribution in [1.29, 1.82) is 0 Å². The van der Waals surface area contributed by atoms with E-state index in [1.165, 1.54) is 5.56 Å².